The maximum absolute atomic E-state index is 13.2. The summed E-state index contributed by atoms with van der Waals surface area (Å²) in [6.07, 6.45) is 2.82. The van der Waals surface area contributed by atoms with Crippen molar-refractivity contribution in [2.75, 3.05) is 0 Å². The van der Waals surface area contributed by atoms with E-state index in [1.807, 2.05) is 6.92 Å². The normalized spacial score (nSPS) is 11.2. The molecule has 3 aromatic rings. The molecule has 0 radical (unpaired) electrons. The molecule has 0 aliphatic carbocycles. The predicted octanol–water partition coefficient (Wildman–Crippen LogP) is 3.24. The van der Waals surface area contributed by atoms with Crippen molar-refractivity contribution in [3.05, 3.63) is 75.7 Å². The Hall–Kier alpha value is -3.42. The molecule has 0 spiro atoms. The van der Waals surface area contributed by atoms with Gasteiger partial charge in [0.1, 0.15) is 0 Å². The Morgan fingerprint density at radius 2 is 1.93 bits per heavy atom. The lowest BCUT2D eigenvalue weighted by Gasteiger charge is -2.09. The zero-order chi connectivity index (χ0) is 20.1. The maximum atomic E-state index is 13.2. The highest BCUT2D eigenvalue weighted by Gasteiger charge is 2.16. The topological polar surface area (TPSA) is 76.3 Å². The lowest BCUT2D eigenvalue weighted by molar-refractivity contribution is 0.0949. The number of amides is 1. The van der Waals surface area contributed by atoms with Crippen LogP contribution >= 0.6 is 0 Å². The summed E-state index contributed by atoms with van der Waals surface area (Å²) in [5.41, 5.74) is 2.40. The number of hydrogen-bond donors (Lipinski definition) is 1. The molecule has 0 atom stereocenters. The molecule has 28 heavy (non-hydrogen) atoms. The van der Waals surface area contributed by atoms with E-state index in [1.165, 1.54) is 17.0 Å². The van der Waals surface area contributed by atoms with Gasteiger partial charge in [0.05, 0.1) is 11.6 Å². The molecule has 0 saturated heterocycles. The van der Waals surface area contributed by atoms with Gasteiger partial charge in [0.25, 0.3) is 11.5 Å². The Morgan fingerprint density at radius 1 is 1.18 bits per heavy atom. The molecule has 144 valence electrons. The van der Waals surface area contributed by atoms with Crippen LogP contribution in [0.1, 0.15) is 35.8 Å². The zero-order valence-electron chi connectivity index (χ0n) is 15.2. The molecule has 2 aromatic carbocycles. The third-order valence-corrected chi connectivity index (χ3v) is 4.13. The van der Waals surface area contributed by atoms with Crippen LogP contribution in [0.5, 0.6) is 0 Å². The summed E-state index contributed by atoms with van der Waals surface area (Å²) in [6, 6.07) is 9.97. The van der Waals surface area contributed by atoms with Crippen molar-refractivity contribution in [1.82, 2.24) is 15.2 Å². The van der Waals surface area contributed by atoms with Crippen LogP contribution in [0.15, 0.2) is 52.4 Å². The molecule has 1 amide bonds. The second kappa shape index (κ2) is 8.51. The van der Waals surface area contributed by atoms with E-state index in [9.17, 15) is 18.4 Å². The van der Waals surface area contributed by atoms with Crippen LogP contribution in [-0.4, -0.2) is 21.9 Å². The van der Waals surface area contributed by atoms with Crippen molar-refractivity contribution in [2.24, 2.45) is 5.10 Å². The first-order valence-corrected chi connectivity index (χ1v) is 8.79. The molecule has 6 nitrogen and oxygen atoms in total. The number of aromatic nitrogens is 2. The molecule has 0 fully saturated rings. The van der Waals surface area contributed by atoms with E-state index in [0.29, 0.717) is 17.3 Å². The Balaban J connectivity index is 1.90. The number of unbranched alkanes of at least 4 members (excludes halogenated alkanes) is 1. The largest absolute Gasteiger partial charge is 0.292 e. The first kappa shape index (κ1) is 19.3. The maximum Gasteiger partial charge on any atom is 0.292 e. The number of carbonyl (C=O) groups excluding carboxylic acids is 1. The number of carbonyl (C=O) groups is 1. The van der Waals surface area contributed by atoms with Crippen molar-refractivity contribution in [2.45, 2.75) is 26.3 Å². The number of nitrogens with one attached hydrogen (secondary N) is 1. The Morgan fingerprint density at radius 3 is 2.64 bits per heavy atom. The van der Waals surface area contributed by atoms with Gasteiger partial charge in [-0.15, -0.1) is 0 Å². The van der Waals surface area contributed by atoms with Crippen LogP contribution in [0, 0.1) is 11.6 Å². The number of aryl methyl sites for hydroxylation is 1. The van der Waals surface area contributed by atoms with Gasteiger partial charge in [-0.3, -0.25) is 9.59 Å². The standard InChI is InChI=1S/C20H18F2N4O2/c1-2-3-10-26-20(28)15-7-5-4-6-14(15)18(25-26)19(27)24-23-12-13-8-9-16(21)17(22)11-13/h4-9,11-12H,2-3,10H2,1H3,(H,24,27)/b23-12+. The summed E-state index contributed by atoms with van der Waals surface area (Å²) >= 11 is 0. The van der Waals surface area contributed by atoms with Gasteiger partial charge in [-0.05, 0) is 30.2 Å². The van der Waals surface area contributed by atoms with Crippen LogP contribution in [0.4, 0.5) is 8.78 Å². The quantitative estimate of drug-likeness (QED) is 0.524. The van der Waals surface area contributed by atoms with Crippen molar-refractivity contribution >= 4 is 22.9 Å². The molecule has 0 aliphatic heterocycles. The fraction of sp³-hybridized carbons (Fsp3) is 0.200. The molecule has 0 aliphatic rings. The van der Waals surface area contributed by atoms with Crippen molar-refractivity contribution in [1.29, 1.82) is 0 Å². The highest BCUT2D eigenvalue weighted by atomic mass is 19.2. The van der Waals surface area contributed by atoms with Crippen LogP contribution in [-0.2, 0) is 6.54 Å². The van der Waals surface area contributed by atoms with Gasteiger partial charge in [-0.2, -0.15) is 10.2 Å². The Bertz CT molecular complexity index is 1110. The molecule has 1 aromatic heterocycles. The van der Waals surface area contributed by atoms with Crippen LogP contribution in [0.2, 0.25) is 0 Å². The molecule has 0 unspecified atom stereocenters. The number of rotatable bonds is 6. The molecule has 0 bridgehead atoms. The third kappa shape index (κ3) is 4.11. The van der Waals surface area contributed by atoms with Crippen LogP contribution < -0.4 is 11.0 Å². The molecule has 3 rings (SSSR count). The summed E-state index contributed by atoms with van der Waals surface area (Å²) in [4.78, 5) is 25.1. The Kier molecular flexibility index (Phi) is 5.88. The average molecular weight is 384 g/mol. The van der Waals surface area contributed by atoms with Gasteiger partial charge >= 0.3 is 0 Å². The molecular weight excluding hydrogens is 366 g/mol. The Labute approximate surface area is 159 Å². The van der Waals surface area contributed by atoms with Crippen molar-refractivity contribution in [3.63, 3.8) is 0 Å². The summed E-state index contributed by atoms with van der Waals surface area (Å²) in [6.45, 7) is 2.39. The van der Waals surface area contributed by atoms with E-state index < -0.39 is 17.5 Å². The number of nitrogens with zero attached hydrogens (tertiary/aromatic N) is 3. The highest BCUT2D eigenvalue weighted by Crippen LogP contribution is 2.13. The van der Waals surface area contributed by atoms with E-state index in [2.05, 4.69) is 15.6 Å². The summed E-state index contributed by atoms with van der Waals surface area (Å²) in [5, 5.41) is 8.78. The van der Waals surface area contributed by atoms with Gasteiger partial charge in [-0.25, -0.2) is 18.9 Å². The van der Waals surface area contributed by atoms with E-state index in [-0.39, 0.29) is 16.8 Å². The fourth-order valence-electron chi connectivity index (χ4n) is 2.67. The van der Waals surface area contributed by atoms with Gasteiger partial charge in [0, 0.05) is 11.9 Å². The van der Waals surface area contributed by atoms with E-state index in [1.54, 1.807) is 24.3 Å². The summed E-state index contributed by atoms with van der Waals surface area (Å²) in [7, 11) is 0. The minimum atomic E-state index is -1.01. The molecule has 8 heteroatoms. The van der Waals surface area contributed by atoms with Crippen LogP contribution in [0.25, 0.3) is 10.8 Å². The van der Waals surface area contributed by atoms with Gasteiger partial charge in [0.15, 0.2) is 17.3 Å². The smallest absolute Gasteiger partial charge is 0.267 e. The second-order valence-electron chi connectivity index (χ2n) is 6.15. The van der Waals surface area contributed by atoms with Crippen LogP contribution in [0.3, 0.4) is 0 Å². The fourth-order valence-corrected chi connectivity index (χ4v) is 2.67. The number of hydrazone groups is 1. The van der Waals surface area contributed by atoms with E-state index in [4.69, 9.17) is 0 Å². The number of fused-ring (bicyclic) bond motifs is 1. The molecule has 1 N–H and O–H groups in total. The van der Waals surface area contributed by atoms with E-state index in [0.717, 1.165) is 25.0 Å². The number of hydrogen-bond acceptors (Lipinski definition) is 4. The average Bonchev–Trinajstić information content (AvgIpc) is 2.70. The monoisotopic (exact) mass is 384 g/mol. The summed E-state index contributed by atoms with van der Waals surface area (Å²) < 4.78 is 27.5. The summed E-state index contributed by atoms with van der Waals surface area (Å²) in [5.74, 6) is -2.59. The predicted molar refractivity (Wildman–Crippen MR) is 102 cm³/mol. The van der Waals surface area contributed by atoms with Gasteiger partial charge in [0.2, 0.25) is 0 Å². The first-order valence-electron chi connectivity index (χ1n) is 8.79. The molecular formula is C20H18F2N4O2. The lowest BCUT2D eigenvalue weighted by Crippen LogP contribution is -2.29. The molecule has 0 saturated carbocycles. The number of halogens is 2. The third-order valence-electron chi connectivity index (χ3n) is 4.13. The minimum Gasteiger partial charge on any atom is -0.267 e. The highest BCUT2D eigenvalue weighted by molar-refractivity contribution is 6.04. The zero-order valence-corrected chi connectivity index (χ0v) is 15.2. The van der Waals surface area contributed by atoms with Gasteiger partial charge in [-0.1, -0.05) is 37.6 Å². The van der Waals surface area contributed by atoms with Crippen molar-refractivity contribution < 1.29 is 13.6 Å². The molecule has 1 heterocycles. The SMILES string of the molecule is CCCCn1nc(C(=O)N/N=C/c2ccc(F)c(F)c2)c2ccccc2c1=O. The minimum absolute atomic E-state index is 0.0636. The number of benzene rings is 2. The lowest BCUT2D eigenvalue weighted by atomic mass is 10.1. The van der Waals surface area contributed by atoms with Gasteiger partial charge < -0.3 is 0 Å². The first-order chi connectivity index (χ1) is 13.5. The van der Waals surface area contributed by atoms with E-state index >= 15 is 0 Å². The second-order valence-corrected chi connectivity index (χ2v) is 6.15. The van der Waals surface area contributed by atoms with Crippen molar-refractivity contribution in [3.8, 4) is 0 Å².